The number of hydrogen-bond donors (Lipinski definition) is 2. The van der Waals surface area contributed by atoms with Crippen LogP contribution in [0.1, 0.15) is 17.7 Å². The first-order valence-corrected chi connectivity index (χ1v) is 6.00. The number of nitrogens with two attached hydrogens (primary N) is 1. The minimum atomic E-state index is -0.757. The zero-order valence-corrected chi connectivity index (χ0v) is 9.85. The van der Waals surface area contributed by atoms with Gasteiger partial charge in [0, 0.05) is 4.88 Å². The maximum atomic E-state index is 10.9. The normalized spacial score (nSPS) is 12.7. The molecule has 1 heterocycles. The van der Waals surface area contributed by atoms with Gasteiger partial charge in [-0.2, -0.15) is 0 Å². The van der Waals surface area contributed by atoms with Crippen LogP contribution in [-0.2, 0) is 11.2 Å². The van der Waals surface area contributed by atoms with Crippen molar-refractivity contribution < 1.29 is 9.90 Å². The Morgan fingerprint density at radius 3 is 2.80 bits per heavy atom. The molecule has 0 spiro atoms. The largest absolute Gasteiger partial charge is 0.481 e. The quantitative estimate of drug-likeness (QED) is 0.811. The third-order valence-electron chi connectivity index (χ3n) is 2.18. The maximum absolute atomic E-state index is 10.9. The van der Waals surface area contributed by atoms with Crippen LogP contribution in [0.3, 0.4) is 0 Å². The summed E-state index contributed by atoms with van der Waals surface area (Å²) in [4.78, 5) is 12.0. The van der Waals surface area contributed by atoms with E-state index in [-0.39, 0.29) is 5.92 Å². The molecule has 0 radical (unpaired) electrons. The highest BCUT2D eigenvalue weighted by molar-refractivity contribution is 7.16. The number of hydrogen-bond acceptors (Lipinski definition) is 3. The number of aliphatic carboxylic acids is 1. The zero-order chi connectivity index (χ0) is 11.3. The van der Waals surface area contributed by atoms with Gasteiger partial charge in [0.2, 0.25) is 0 Å². The van der Waals surface area contributed by atoms with Crippen LogP contribution in [0.5, 0.6) is 0 Å². The van der Waals surface area contributed by atoms with Gasteiger partial charge in [-0.1, -0.05) is 11.6 Å². The van der Waals surface area contributed by atoms with Gasteiger partial charge >= 0.3 is 5.97 Å². The molecule has 1 unspecified atom stereocenters. The van der Waals surface area contributed by atoms with Crippen molar-refractivity contribution in [1.29, 1.82) is 0 Å². The second-order valence-electron chi connectivity index (χ2n) is 3.38. The fourth-order valence-electron chi connectivity index (χ4n) is 1.38. The smallest absolute Gasteiger partial charge is 0.306 e. The molecule has 0 saturated carbocycles. The van der Waals surface area contributed by atoms with Crippen molar-refractivity contribution in [3.8, 4) is 0 Å². The summed E-state index contributed by atoms with van der Waals surface area (Å²) >= 11 is 7.22. The summed E-state index contributed by atoms with van der Waals surface area (Å²) in [5, 5.41) is 9.00. The van der Waals surface area contributed by atoms with E-state index in [2.05, 4.69) is 0 Å². The van der Waals surface area contributed by atoms with Gasteiger partial charge in [0.05, 0.1) is 10.3 Å². The molecule has 0 aromatic carbocycles. The highest BCUT2D eigenvalue weighted by Gasteiger charge is 2.18. The minimum Gasteiger partial charge on any atom is -0.481 e. The third-order valence-corrected chi connectivity index (χ3v) is 3.44. The molecular formula is C10H14ClNO2S. The molecular weight excluding hydrogens is 234 g/mol. The summed E-state index contributed by atoms with van der Waals surface area (Å²) in [6.07, 6.45) is 1.92. The lowest BCUT2D eigenvalue weighted by Gasteiger charge is -2.09. The Labute approximate surface area is 97.9 Å². The van der Waals surface area contributed by atoms with Gasteiger partial charge < -0.3 is 10.8 Å². The van der Waals surface area contributed by atoms with E-state index in [1.807, 2.05) is 6.07 Å². The molecule has 0 amide bonds. The van der Waals surface area contributed by atoms with E-state index in [1.165, 1.54) is 11.3 Å². The molecule has 1 rings (SSSR count). The fraction of sp³-hybridized carbons (Fsp3) is 0.500. The summed E-state index contributed by atoms with van der Waals surface area (Å²) in [6.45, 7) is 0.537. The average Bonchev–Trinajstić information content (AvgIpc) is 2.58. The number of carboxylic acids is 1. The van der Waals surface area contributed by atoms with Crippen LogP contribution in [-0.4, -0.2) is 17.6 Å². The average molecular weight is 248 g/mol. The molecule has 0 aliphatic carbocycles. The van der Waals surface area contributed by atoms with Crippen LogP contribution < -0.4 is 5.73 Å². The Balaban J connectivity index is 2.54. The van der Waals surface area contributed by atoms with Gasteiger partial charge in [-0.05, 0) is 37.9 Å². The molecule has 0 fully saturated rings. The highest BCUT2D eigenvalue weighted by atomic mass is 35.5. The van der Waals surface area contributed by atoms with Crippen molar-refractivity contribution >= 4 is 28.9 Å². The second-order valence-corrected chi connectivity index (χ2v) is 5.18. The van der Waals surface area contributed by atoms with E-state index in [0.717, 1.165) is 11.3 Å². The highest BCUT2D eigenvalue weighted by Crippen LogP contribution is 2.25. The lowest BCUT2D eigenvalue weighted by atomic mass is 9.99. The Morgan fingerprint density at radius 1 is 1.60 bits per heavy atom. The summed E-state index contributed by atoms with van der Waals surface area (Å²) in [5.74, 6) is -1.10. The number of carbonyl (C=O) groups is 1. The molecule has 0 bridgehead atoms. The van der Waals surface area contributed by atoms with E-state index in [0.29, 0.717) is 23.7 Å². The van der Waals surface area contributed by atoms with E-state index in [1.54, 1.807) is 6.07 Å². The second kappa shape index (κ2) is 6.10. The molecule has 3 N–H and O–H groups in total. The topological polar surface area (TPSA) is 63.3 Å². The number of carboxylic acid groups (broad SMARTS) is 1. The lowest BCUT2D eigenvalue weighted by Crippen LogP contribution is -2.17. The standard InChI is InChI=1S/C10H14ClNO2S/c11-9-4-3-8(15-9)6-7(10(13)14)2-1-5-12/h3-4,7H,1-2,5-6,12H2,(H,13,14). The number of rotatable bonds is 6. The SMILES string of the molecule is NCCCC(Cc1ccc(Cl)s1)C(=O)O. The third kappa shape index (κ3) is 4.20. The molecule has 1 aromatic heterocycles. The summed E-state index contributed by atoms with van der Waals surface area (Å²) in [6, 6.07) is 3.68. The van der Waals surface area contributed by atoms with Crippen molar-refractivity contribution in [3.63, 3.8) is 0 Å². The zero-order valence-electron chi connectivity index (χ0n) is 8.28. The van der Waals surface area contributed by atoms with Crippen LogP contribution in [0.4, 0.5) is 0 Å². The molecule has 3 nitrogen and oxygen atoms in total. The van der Waals surface area contributed by atoms with Crippen molar-refractivity contribution in [2.45, 2.75) is 19.3 Å². The molecule has 1 aromatic rings. The van der Waals surface area contributed by atoms with Gasteiger partial charge in [-0.25, -0.2) is 0 Å². The van der Waals surface area contributed by atoms with Crippen LogP contribution in [0, 0.1) is 5.92 Å². The van der Waals surface area contributed by atoms with E-state index in [9.17, 15) is 4.79 Å². The van der Waals surface area contributed by atoms with Crippen molar-refractivity contribution in [1.82, 2.24) is 0 Å². The monoisotopic (exact) mass is 247 g/mol. The van der Waals surface area contributed by atoms with Crippen LogP contribution >= 0.6 is 22.9 Å². The van der Waals surface area contributed by atoms with E-state index >= 15 is 0 Å². The predicted octanol–water partition coefficient (Wildman–Crippen LogP) is 2.38. The van der Waals surface area contributed by atoms with Crippen LogP contribution in [0.25, 0.3) is 0 Å². The Hall–Kier alpha value is -0.580. The molecule has 0 aliphatic rings. The summed E-state index contributed by atoms with van der Waals surface area (Å²) in [7, 11) is 0. The predicted molar refractivity (Wildman–Crippen MR) is 62.4 cm³/mol. The Bertz CT molecular complexity index is 327. The number of thiophene rings is 1. The van der Waals surface area contributed by atoms with E-state index < -0.39 is 5.97 Å². The molecule has 15 heavy (non-hydrogen) atoms. The molecule has 84 valence electrons. The Kier molecular flexibility index (Phi) is 5.08. The molecule has 0 aliphatic heterocycles. The molecule has 5 heteroatoms. The Morgan fingerprint density at radius 2 is 2.33 bits per heavy atom. The van der Waals surface area contributed by atoms with Gasteiger partial charge in [0.25, 0.3) is 0 Å². The van der Waals surface area contributed by atoms with Crippen LogP contribution in [0.15, 0.2) is 12.1 Å². The fourth-order valence-corrected chi connectivity index (χ4v) is 2.55. The van der Waals surface area contributed by atoms with Gasteiger partial charge in [-0.3, -0.25) is 4.79 Å². The first-order valence-electron chi connectivity index (χ1n) is 4.80. The van der Waals surface area contributed by atoms with Crippen LogP contribution in [0.2, 0.25) is 4.34 Å². The molecule has 1 atom stereocenters. The molecule has 0 saturated heterocycles. The number of halogens is 1. The first-order chi connectivity index (χ1) is 7.13. The van der Waals surface area contributed by atoms with Crippen molar-refractivity contribution in [3.05, 3.63) is 21.3 Å². The summed E-state index contributed by atoms with van der Waals surface area (Å²) in [5.41, 5.74) is 5.36. The minimum absolute atomic E-state index is 0.344. The van der Waals surface area contributed by atoms with Gasteiger partial charge in [-0.15, -0.1) is 11.3 Å². The van der Waals surface area contributed by atoms with Gasteiger partial charge in [0.1, 0.15) is 0 Å². The summed E-state index contributed by atoms with van der Waals surface area (Å²) < 4.78 is 0.702. The maximum Gasteiger partial charge on any atom is 0.306 e. The van der Waals surface area contributed by atoms with E-state index in [4.69, 9.17) is 22.4 Å². The first kappa shape index (κ1) is 12.5. The van der Waals surface area contributed by atoms with Crippen molar-refractivity contribution in [2.75, 3.05) is 6.54 Å². The van der Waals surface area contributed by atoms with Crippen molar-refractivity contribution in [2.24, 2.45) is 11.7 Å². The van der Waals surface area contributed by atoms with Gasteiger partial charge in [0.15, 0.2) is 0 Å². The lowest BCUT2D eigenvalue weighted by molar-refractivity contribution is -0.141.